The largest absolute Gasteiger partial charge is 0.481 e. The maximum Gasteiger partial charge on any atom is 0.330 e. The van der Waals surface area contributed by atoms with Crippen LogP contribution in [0.4, 0.5) is 0 Å². The van der Waals surface area contributed by atoms with Gasteiger partial charge in [-0.15, -0.1) is 0 Å². The summed E-state index contributed by atoms with van der Waals surface area (Å²) in [7, 11) is 0. The molecule has 2 rings (SSSR count). The van der Waals surface area contributed by atoms with E-state index >= 15 is 0 Å². The van der Waals surface area contributed by atoms with Crippen molar-refractivity contribution in [2.24, 2.45) is 0 Å². The second kappa shape index (κ2) is 6.39. The molecule has 0 radical (unpaired) electrons. The van der Waals surface area contributed by atoms with Gasteiger partial charge in [-0.25, -0.2) is 4.79 Å². The lowest BCUT2D eigenvalue weighted by Gasteiger charge is -2.26. The number of nitrogens with one attached hydrogen (secondary N) is 1. The van der Waals surface area contributed by atoms with Gasteiger partial charge in [0.1, 0.15) is 11.3 Å². The van der Waals surface area contributed by atoms with E-state index in [2.05, 4.69) is 5.32 Å². The van der Waals surface area contributed by atoms with Gasteiger partial charge in [0.15, 0.2) is 6.10 Å². The van der Waals surface area contributed by atoms with Crippen molar-refractivity contribution in [3.05, 3.63) is 29.8 Å². The van der Waals surface area contributed by atoms with Crippen LogP contribution in [-0.2, 0) is 9.59 Å². The Balaban J connectivity index is 2.01. The highest BCUT2D eigenvalue weighted by molar-refractivity contribution is 7.99. The molecular formula is C15H19NO4S. The van der Waals surface area contributed by atoms with E-state index in [1.165, 1.54) is 11.8 Å². The number of benzene rings is 1. The molecule has 2 N–H and O–H groups in total. The Morgan fingerprint density at radius 3 is 2.81 bits per heavy atom. The highest BCUT2D eigenvalue weighted by Gasteiger charge is 2.44. The van der Waals surface area contributed by atoms with Crippen LogP contribution in [0, 0.1) is 6.92 Å². The summed E-state index contributed by atoms with van der Waals surface area (Å²) in [6.45, 7) is 3.56. The number of carboxylic acids is 1. The molecule has 6 heteroatoms. The minimum absolute atomic E-state index is 0.394. The summed E-state index contributed by atoms with van der Waals surface area (Å²) >= 11 is 1.53. The van der Waals surface area contributed by atoms with Crippen LogP contribution in [0.15, 0.2) is 24.3 Å². The van der Waals surface area contributed by atoms with Gasteiger partial charge < -0.3 is 15.2 Å². The number of ether oxygens (including phenoxy) is 1. The zero-order valence-electron chi connectivity index (χ0n) is 12.1. The third-order valence-corrected chi connectivity index (χ3v) is 4.65. The Morgan fingerprint density at radius 2 is 2.24 bits per heavy atom. The molecule has 1 fully saturated rings. The smallest absolute Gasteiger partial charge is 0.330 e. The van der Waals surface area contributed by atoms with Gasteiger partial charge in [0.2, 0.25) is 0 Å². The normalized spacial score (nSPS) is 22.6. The van der Waals surface area contributed by atoms with Gasteiger partial charge in [-0.3, -0.25) is 4.79 Å². The number of aryl methyl sites for hydroxylation is 1. The monoisotopic (exact) mass is 309 g/mol. The predicted molar refractivity (Wildman–Crippen MR) is 81.7 cm³/mol. The first kappa shape index (κ1) is 15.7. The number of rotatable bonds is 5. The van der Waals surface area contributed by atoms with E-state index < -0.39 is 23.5 Å². The summed E-state index contributed by atoms with van der Waals surface area (Å²) in [5, 5.41) is 12.0. The molecule has 0 spiro atoms. The van der Waals surface area contributed by atoms with E-state index in [0.29, 0.717) is 17.9 Å². The van der Waals surface area contributed by atoms with Crippen molar-refractivity contribution in [3.63, 3.8) is 0 Å². The fraction of sp³-hybridized carbons (Fsp3) is 0.467. The lowest BCUT2D eigenvalue weighted by Crippen LogP contribution is -2.57. The molecule has 1 heterocycles. The number of aliphatic carboxylic acids is 1. The molecule has 1 amide bonds. The number of carbonyl (C=O) groups excluding carboxylic acids is 1. The van der Waals surface area contributed by atoms with E-state index in [1.807, 2.05) is 25.1 Å². The third-order valence-electron chi connectivity index (χ3n) is 3.47. The lowest BCUT2D eigenvalue weighted by molar-refractivity contribution is -0.147. The zero-order valence-corrected chi connectivity index (χ0v) is 12.9. The van der Waals surface area contributed by atoms with E-state index in [0.717, 1.165) is 11.3 Å². The van der Waals surface area contributed by atoms with Crippen LogP contribution in [0.5, 0.6) is 5.75 Å². The van der Waals surface area contributed by atoms with Crippen molar-refractivity contribution in [2.45, 2.75) is 31.9 Å². The summed E-state index contributed by atoms with van der Waals surface area (Å²) in [6.07, 6.45) is -0.302. The third kappa shape index (κ3) is 3.69. The summed E-state index contributed by atoms with van der Waals surface area (Å²) in [4.78, 5) is 23.6. The van der Waals surface area contributed by atoms with Crippen molar-refractivity contribution >= 4 is 23.6 Å². The molecule has 1 aliphatic rings. The van der Waals surface area contributed by atoms with E-state index in [9.17, 15) is 14.7 Å². The standard InChI is InChI=1S/C15H19NO4S/c1-10-4-3-5-12(8-10)20-11(2)13(17)16-15(14(18)19)6-7-21-9-15/h3-5,8,11H,6-7,9H2,1-2H3,(H,16,17)(H,18,19). The van der Waals surface area contributed by atoms with Gasteiger partial charge in [0.25, 0.3) is 5.91 Å². The molecular weight excluding hydrogens is 290 g/mol. The Bertz CT molecular complexity index is 540. The van der Waals surface area contributed by atoms with E-state index in [-0.39, 0.29) is 0 Å². The second-order valence-corrected chi connectivity index (χ2v) is 6.36. The summed E-state index contributed by atoms with van der Waals surface area (Å²) < 4.78 is 5.58. The molecule has 0 bridgehead atoms. The van der Waals surface area contributed by atoms with Crippen LogP contribution in [0.1, 0.15) is 18.9 Å². The molecule has 2 unspecified atom stereocenters. The van der Waals surface area contributed by atoms with E-state index in [1.54, 1.807) is 13.0 Å². The molecule has 5 nitrogen and oxygen atoms in total. The Hall–Kier alpha value is -1.69. The lowest BCUT2D eigenvalue weighted by atomic mass is 9.99. The molecule has 0 aliphatic carbocycles. The first-order chi connectivity index (χ1) is 9.93. The SMILES string of the molecule is Cc1cccc(OC(C)C(=O)NC2(C(=O)O)CCSC2)c1. The molecule has 0 saturated carbocycles. The molecule has 1 aliphatic heterocycles. The second-order valence-electron chi connectivity index (χ2n) is 5.26. The van der Waals surface area contributed by atoms with Crippen LogP contribution < -0.4 is 10.1 Å². The minimum Gasteiger partial charge on any atom is -0.481 e. The Morgan fingerprint density at radius 1 is 1.48 bits per heavy atom. The van der Waals surface area contributed by atoms with Gasteiger partial charge in [-0.05, 0) is 43.7 Å². The molecule has 1 aromatic rings. The number of hydrogen-bond donors (Lipinski definition) is 2. The van der Waals surface area contributed by atoms with Crippen LogP contribution in [0.25, 0.3) is 0 Å². The highest BCUT2D eigenvalue weighted by atomic mass is 32.2. The van der Waals surface area contributed by atoms with Crippen LogP contribution in [0.2, 0.25) is 0 Å². The van der Waals surface area contributed by atoms with Crippen molar-refractivity contribution in [2.75, 3.05) is 11.5 Å². The molecule has 2 atom stereocenters. The average molecular weight is 309 g/mol. The van der Waals surface area contributed by atoms with Crippen molar-refractivity contribution < 1.29 is 19.4 Å². The maximum atomic E-state index is 12.2. The minimum atomic E-state index is -1.16. The first-order valence-electron chi connectivity index (χ1n) is 6.79. The van der Waals surface area contributed by atoms with Gasteiger partial charge >= 0.3 is 5.97 Å². The quantitative estimate of drug-likeness (QED) is 0.868. The van der Waals surface area contributed by atoms with Gasteiger partial charge in [0.05, 0.1) is 0 Å². The summed E-state index contributed by atoms with van der Waals surface area (Å²) in [5.41, 5.74) is -0.124. The molecule has 0 aromatic heterocycles. The van der Waals surface area contributed by atoms with Gasteiger partial charge in [-0.2, -0.15) is 11.8 Å². The van der Waals surface area contributed by atoms with Crippen LogP contribution in [-0.4, -0.2) is 40.1 Å². The number of carbonyl (C=O) groups is 2. The number of carboxylic acid groups (broad SMARTS) is 1. The zero-order chi connectivity index (χ0) is 15.5. The Kier molecular flexibility index (Phi) is 4.77. The van der Waals surface area contributed by atoms with Crippen molar-refractivity contribution in [1.29, 1.82) is 0 Å². The summed E-state index contributed by atoms with van der Waals surface area (Å²) in [6, 6.07) is 7.39. The van der Waals surface area contributed by atoms with E-state index in [4.69, 9.17) is 4.74 Å². The number of hydrogen-bond acceptors (Lipinski definition) is 4. The number of thioether (sulfide) groups is 1. The molecule has 114 valence electrons. The first-order valence-corrected chi connectivity index (χ1v) is 7.95. The molecule has 21 heavy (non-hydrogen) atoms. The van der Waals surface area contributed by atoms with Crippen molar-refractivity contribution in [1.82, 2.24) is 5.32 Å². The number of amides is 1. The van der Waals surface area contributed by atoms with Crippen LogP contribution >= 0.6 is 11.8 Å². The van der Waals surface area contributed by atoms with Crippen molar-refractivity contribution in [3.8, 4) is 5.75 Å². The molecule has 1 saturated heterocycles. The van der Waals surface area contributed by atoms with Gasteiger partial charge in [-0.1, -0.05) is 12.1 Å². The highest BCUT2D eigenvalue weighted by Crippen LogP contribution is 2.28. The maximum absolute atomic E-state index is 12.2. The molecule has 1 aromatic carbocycles. The fourth-order valence-corrected chi connectivity index (χ4v) is 3.50. The predicted octanol–water partition coefficient (Wildman–Crippen LogP) is 1.84. The summed E-state index contributed by atoms with van der Waals surface area (Å²) in [5.74, 6) is 0.345. The van der Waals surface area contributed by atoms with Gasteiger partial charge in [0, 0.05) is 5.75 Å². The van der Waals surface area contributed by atoms with Crippen LogP contribution in [0.3, 0.4) is 0 Å². The topological polar surface area (TPSA) is 75.6 Å². The fourth-order valence-electron chi connectivity index (χ4n) is 2.17. The Labute approximate surface area is 128 Å². The average Bonchev–Trinajstić information content (AvgIpc) is 2.88.